The first-order chi connectivity index (χ1) is 50.0. The lowest BCUT2D eigenvalue weighted by Crippen LogP contribution is -2.21. The van der Waals surface area contributed by atoms with E-state index in [4.69, 9.17) is 53.9 Å². The van der Waals surface area contributed by atoms with Gasteiger partial charge in [0.05, 0.1) is 16.9 Å². The first-order valence-corrected chi connectivity index (χ1v) is 30.1. The van der Waals surface area contributed by atoms with E-state index in [1.54, 1.807) is 52.5 Å². The second kappa shape index (κ2) is 38.0. The molecular formula is C71H63F2N9O23. The molecule has 0 fully saturated rings. The van der Waals surface area contributed by atoms with E-state index < -0.39 is 59.3 Å². The van der Waals surface area contributed by atoms with Gasteiger partial charge in [0.15, 0.2) is 40.3 Å². The molecule has 4 aromatic carbocycles. The summed E-state index contributed by atoms with van der Waals surface area (Å²) < 4.78 is 66.9. The predicted molar refractivity (Wildman–Crippen MR) is 363 cm³/mol. The zero-order valence-electron chi connectivity index (χ0n) is 56.0. The van der Waals surface area contributed by atoms with Crippen LogP contribution in [0.5, 0.6) is 0 Å². The van der Waals surface area contributed by atoms with Crippen molar-refractivity contribution in [1.82, 2.24) is 30.6 Å². The van der Waals surface area contributed by atoms with Crippen LogP contribution in [-0.2, 0) is 22.7 Å². The Morgan fingerprint density at radius 3 is 1.20 bits per heavy atom. The highest BCUT2D eigenvalue weighted by Crippen LogP contribution is 2.27. The van der Waals surface area contributed by atoms with Gasteiger partial charge in [-0.25, -0.2) is 32.8 Å². The van der Waals surface area contributed by atoms with Crippen LogP contribution in [0, 0.1) is 11.6 Å². The molecule has 7 amide bonds. The van der Waals surface area contributed by atoms with Gasteiger partial charge in [0.2, 0.25) is 28.8 Å². The predicted octanol–water partition coefficient (Wildman–Crippen LogP) is 9.38. The van der Waals surface area contributed by atoms with Gasteiger partial charge in [-0.2, -0.15) is 5.10 Å². The number of aromatic nitrogens is 2. The van der Waals surface area contributed by atoms with E-state index in [9.17, 15) is 66.3 Å². The number of aromatic carboxylic acids is 3. The Kier molecular flexibility index (Phi) is 28.7. The van der Waals surface area contributed by atoms with Crippen molar-refractivity contribution in [3.8, 4) is 0 Å². The molecule has 0 spiro atoms. The van der Waals surface area contributed by atoms with Crippen molar-refractivity contribution in [3.63, 3.8) is 0 Å². The number of amides is 7. The molecule has 544 valence electrons. The maximum absolute atomic E-state index is 14.4. The van der Waals surface area contributed by atoms with Crippen LogP contribution in [0.25, 0.3) is 23.1 Å². The maximum atomic E-state index is 14.4. The maximum Gasteiger partial charge on any atom is 0.374 e. The number of hydrogen-bond donors (Lipinski definition) is 9. The number of anilines is 1. The fourth-order valence-corrected chi connectivity index (χ4v) is 7.94. The highest BCUT2D eigenvalue weighted by molar-refractivity contribution is 6.05. The van der Waals surface area contributed by atoms with Crippen LogP contribution in [0.1, 0.15) is 149 Å². The fraction of sp³-hybridized carbons (Fsp3) is 0.113. The third-order valence-corrected chi connectivity index (χ3v) is 13.2. The SMILES string of the molecule is CN(C)C(=O)c1ccc(C(=O)O)o1.CN(C)C(=O)c1ccc(C(=O)OCc2ccccc2)o1.CNC(=O)c1ccc(C(=O)O)o1.CNC(=O)c1ccc(C(=O)OCc2ccccc2)o1.NC(=O)c1ccc(C(=O)Nc2cc3c(/C=C/c4ccc(F)cc4)n[nH]c3cc2F)o1.NC(=O)c1ccc(C(=O)O)o1. The first-order valence-electron chi connectivity index (χ1n) is 30.1. The van der Waals surface area contributed by atoms with Gasteiger partial charge in [-0.05, 0) is 114 Å². The number of ether oxygens (including phenoxy) is 2. The van der Waals surface area contributed by atoms with Crippen molar-refractivity contribution in [2.24, 2.45) is 11.5 Å². The molecule has 0 saturated heterocycles. The summed E-state index contributed by atoms with van der Waals surface area (Å²) >= 11 is 0. The molecule has 11 rings (SSSR count). The lowest BCUT2D eigenvalue weighted by molar-refractivity contribution is 0.0425. The van der Waals surface area contributed by atoms with Crippen molar-refractivity contribution in [1.29, 1.82) is 0 Å². The molecule has 0 saturated carbocycles. The van der Waals surface area contributed by atoms with E-state index in [1.807, 2.05) is 60.7 Å². The summed E-state index contributed by atoms with van der Waals surface area (Å²) in [5.74, 6) is -10.7. The zero-order chi connectivity index (χ0) is 77.0. The molecule has 0 radical (unpaired) electrons. The van der Waals surface area contributed by atoms with Crippen LogP contribution in [0.3, 0.4) is 0 Å². The molecule has 34 heteroatoms. The number of carbonyl (C=O) groups is 12. The molecule has 0 bridgehead atoms. The van der Waals surface area contributed by atoms with Crippen molar-refractivity contribution in [3.05, 3.63) is 273 Å². The van der Waals surface area contributed by atoms with Crippen LogP contribution in [-0.4, -0.2) is 149 Å². The standard InChI is InChI=1S/C21H14F2N4O3.C15H15NO4.C14H13NO4.C8H9NO4.C7H7NO4.C6H5NO4/c22-12-4-1-11(2-5-12)3-6-15-13-9-17(14(23)10-16(13)27-26-15)25-21(29)19-8-7-18(30-19)20(24)28;1-16(2)14(17)12-8-9-13(20-12)15(18)19-10-11-6-4-3-5-7-11;1-15-13(16)11-7-8-12(19-11)14(17)18-9-10-5-3-2-4-6-10;1-9(2)7(10)5-3-4-6(13-5)8(11)12;1-8-6(9)4-2-3-5(12-4)7(10)11;7-5(8)3-1-2-4(11-3)6(9)10/h1-10H,(H2,24,28)(H,25,29)(H,26,27);3-9H,10H2,1-2H3;2-8H,9H2,1H3,(H,15,16);3-4H,1-2H3,(H,11,12);2-3H,1H3,(H,8,9)(H,10,11);1-2H,(H2,7,8)(H,9,10)/b6-3+;;;;;. The Morgan fingerprint density at radius 2 is 0.810 bits per heavy atom. The molecule has 0 aliphatic carbocycles. The number of nitrogens with two attached hydrogens (primary N) is 2. The van der Waals surface area contributed by atoms with Crippen LogP contribution < -0.4 is 27.4 Å². The third kappa shape index (κ3) is 23.7. The quantitative estimate of drug-likeness (QED) is 0.0340. The van der Waals surface area contributed by atoms with Gasteiger partial charge >= 0.3 is 29.8 Å². The van der Waals surface area contributed by atoms with Crippen molar-refractivity contribution < 1.29 is 118 Å². The van der Waals surface area contributed by atoms with E-state index in [-0.39, 0.29) is 112 Å². The summed E-state index contributed by atoms with van der Waals surface area (Å²) in [6, 6.07) is 42.9. The third-order valence-electron chi connectivity index (χ3n) is 13.2. The lowest BCUT2D eigenvalue weighted by Gasteiger charge is -2.06. The smallest absolute Gasteiger partial charge is 0.374 e. The largest absolute Gasteiger partial charge is 0.475 e. The first kappa shape index (κ1) is 79.3. The van der Waals surface area contributed by atoms with E-state index in [0.717, 1.165) is 16.7 Å². The lowest BCUT2D eigenvalue weighted by atomic mass is 10.1. The van der Waals surface area contributed by atoms with Crippen molar-refractivity contribution in [2.45, 2.75) is 13.2 Å². The molecule has 11 aromatic rings. The number of nitrogens with one attached hydrogen (secondary N) is 4. The highest BCUT2D eigenvalue weighted by atomic mass is 19.1. The second-order valence-corrected chi connectivity index (χ2v) is 21.1. The Balaban J connectivity index is 0.000000205. The Morgan fingerprint density at radius 1 is 0.457 bits per heavy atom. The minimum absolute atomic E-state index is 0.00472. The Labute approximate surface area is 591 Å². The number of benzene rings is 4. The van der Waals surface area contributed by atoms with Crippen LogP contribution in [0.15, 0.2) is 196 Å². The summed E-state index contributed by atoms with van der Waals surface area (Å²) in [5.41, 5.74) is 13.2. The van der Waals surface area contributed by atoms with Gasteiger partial charge in [-0.1, -0.05) is 78.9 Å². The summed E-state index contributed by atoms with van der Waals surface area (Å²) in [6.07, 6.45) is 3.41. The monoisotopic (exact) mass is 1450 g/mol. The normalized spacial score (nSPS) is 10.2. The minimum Gasteiger partial charge on any atom is -0.475 e. The van der Waals surface area contributed by atoms with Gasteiger partial charge in [0.25, 0.3) is 41.4 Å². The highest BCUT2D eigenvalue weighted by Gasteiger charge is 2.22. The average molecular weight is 1450 g/mol. The molecule has 0 atom stereocenters. The zero-order valence-corrected chi connectivity index (χ0v) is 56.0. The molecule has 0 aliphatic rings. The van der Waals surface area contributed by atoms with Crippen molar-refractivity contribution >= 4 is 99.9 Å². The molecule has 0 unspecified atom stereocenters. The summed E-state index contributed by atoms with van der Waals surface area (Å²) in [4.78, 5) is 136. The molecular weight excluding hydrogens is 1380 g/mol. The van der Waals surface area contributed by atoms with Crippen molar-refractivity contribution in [2.75, 3.05) is 47.6 Å². The summed E-state index contributed by atoms with van der Waals surface area (Å²) in [7, 11) is 9.26. The number of carboxylic acid groups (broad SMARTS) is 3. The summed E-state index contributed by atoms with van der Waals surface area (Å²) in [5, 5.41) is 39.8. The number of carbonyl (C=O) groups excluding carboxylic acids is 9. The molecule has 32 nitrogen and oxygen atoms in total. The second-order valence-electron chi connectivity index (χ2n) is 21.1. The van der Waals surface area contributed by atoms with E-state index in [2.05, 4.69) is 35.0 Å². The Hall–Kier alpha value is -14.7. The fourth-order valence-electron chi connectivity index (χ4n) is 7.94. The minimum atomic E-state index is -1.22. The van der Waals surface area contributed by atoms with E-state index in [0.29, 0.717) is 16.6 Å². The van der Waals surface area contributed by atoms with Gasteiger partial charge < -0.3 is 88.5 Å². The Bertz CT molecular complexity index is 4890. The number of nitrogens with zero attached hydrogens (tertiary/aromatic N) is 3. The van der Waals surface area contributed by atoms with Gasteiger partial charge in [0, 0.05) is 53.7 Å². The van der Waals surface area contributed by atoms with Gasteiger partial charge in [-0.15, -0.1) is 0 Å². The number of aromatic amines is 1. The van der Waals surface area contributed by atoms with Gasteiger partial charge in [0.1, 0.15) is 24.8 Å². The molecule has 11 N–H and O–H groups in total. The number of primary amides is 2. The van der Waals surface area contributed by atoms with Gasteiger partial charge in [-0.3, -0.25) is 38.7 Å². The number of fused-ring (bicyclic) bond motifs is 1. The number of hydrogen-bond acceptors (Lipinski definition) is 21. The number of carboxylic acids is 3. The molecule has 7 heterocycles. The van der Waals surface area contributed by atoms with Crippen LogP contribution >= 0.6 is 0 Å². The number of rotatable bonds is 19. The number of furan rings is 6. The average Bonchev–Trinajstić information content (AvgIpc) is 1.68. The molecule has 0 aliphatic heterocycles. The number of esters is 2. The van der Waals surface area contributed by atoms with E-state index >= 15 is 0 Å². The van der Waals surface area contributed by atoms with Crippen LogP contribution in [0.2, 0.25) is 0 Å². The molecule has 7 aromatic heterocycles. The number of H-pyrrole nitrogens is 1. The number of halogens is 2. The van der Waals surface area contributed by atoms with Crippen LogP contribution in [0.4, 0.5) is 14.5 Å². The topological polar surface area (TPSA) is 486 Å². The van der Waals surface area contributed by atoms with E-state index in [1.165, 1.54) is 121 Å². The molecule has 105 heavy (non-hydrogen) atoms. The summed E-state index contributed by atoms with van der Waals surface area (Å²) in [6.45, 7) is 0.326.